The number of carbonyl (C=O) groups excluding carboxylic acids is 1. The van der Waals surface area contributed by atoms with E-state index in [0.29, 0.717) is 22.7 Å². The lowest BCUT2D eigenvalue weighted by molar-refractivity contribution is 0.0982. The van der Waals surface area contributed by atoms with E-state index in [2.05, 4.69) is 0 Å². The Bertz CT molecular complexity index is 1010. The number of aryl methyl sites for hydroxylation is 1. The number of benzene rings is 2. The minimum absolute atomic E-state index is 0.135. The third kappa shape index (κ3) is 3.89. The first kappa shape index (κ1) is 19.9. The topological polar surface area (TPSA) is 72.9 Å². The smallest absolute Gasteiger partial charge is 0.259 e. The van der Waals surface area contributed by atoms with Crippen LogP contribution in [-0.4, -0.2) is 40.3 Å². The molecule has 0 spiro atoms. The van der Waals surface area contributed by atoms with Gasteiger partial charge < -0.3 is 14.4 Å². The van der Waals surface area contributed by atoms with Crippen LogP contribution >= 0.6 is 0 Å². The Hall–Kier alpha value is -2.80. The number of ether oxygens (including phenoxy) is 2. The number of hydrogen-bond donors (Lipinski definition) is 0. The Morgan fingerprint density at radius 2 is 1.82 bits per heavy atom. The molecule has 3 rings (SSSR count). The van der Waals surface area contributed by atoms with Gasteiger partial charge in [-0.2, -0.15) is 0 Å². The number of amides is 1. The summed E-state index contributed by atoms with van der Waals surface area (Å²) in [4.78, 5) is 15.0. The van der Waals surface area contributed by atoms with E-state index in [9.17, 15) is 13.2 Å². The van der Waals surface area contributed by atoms with Crippen LogP contribution in [0.25, 0.3) is 0 Å². The standard InChI is InChI=1S/C21H23NO5S/c1-4-15-7-5-6-8-18(15)22(17-11-12-28(24,25)14-17)21(23)16-9-10-19(26-2)20(13-16)27-3/h5-13,17H,4,14H2,1-3H3/t17-/m0/s1. The molecule has 1 atom stereocenters. The van der Waals surface area contributed by atoms with Gasteiger partial charge in [0.2, 0.25) is 0 Å². The third-order valence-corrected chi connectivity index (χ3v) is 6.10. The number of anilines is 1. The van der Waals surface area contributed by atoms with Crippen LogP contribution < -0.4 is 14.4 Å². The average molecular weight is 401 g/mol. The van der Waals surface area contributed by atoms with Crippen LogP contribution in [0.4, 0.5) is 5.69 Å². The Kier molecular flexibility index (Phi) is 5.74. The lowest BCUT2D eigenvalue weighted by Crippen LogP contribution is -2.41. The molecule has 0 radical (unpaired) electrons. The minimum Gasteiger partial charge on any atom is -0.493 e. The maximum absolute atomic E-state index is 13.5. The summed E-state index contributed by atoms with van der Waals surface area (Å²) in [7, 11) is -0.299. The molecule has 0 saturated carbocycles. The van der Waals surface area contributed by atoms with Crippen LogP contribution in [0.5, 0.6) is 11.5 Å². The monoisotopic (exact) mass is 401 g/mol. The number of methoxy groups -OCH3 is 2. The van der Waals surface area contributed by atoms with Crippen LogP contribution in [0.3, 0.4) is 0 Å². The predicted molar refractivity (Wildman–Crippen MR) is 109 cm³/mol. The Balaban J connectivity index is 2.09. The molecule has 1 amide bonds. The van der Waals surface area contributed by atoms with Gasteiger partial charge in [0.25, 0.3) is 5.91 Å². The summed E-state index contributed by atoms with van der Waals surface area (Å²) < 4.78 is 34.6. The molecule has 2 aromatic rings. The van der Waals surface area contributed by atoms with Crippen LogP contribution in [-0.2, 0) is 16.3 Å². The number of hydrogen-bond acceptors (Lipinski definition) is 5. The van der Waals surface area contributed by atoms with E-state index in [1.54, 1.807) is 29.2 Å². The first-order chi connectivity index (χ1) is 13.4. The largest absolute Gasteiger partial charge is 0.493 e. The molecule has 1 aliphatic heterocycles. The van der Waals surface area contributed by atoms with Crippen molar-refractivity contribution in [3.05, 3.63) is 65.1 Å². The van der Waals surface area contributed by atoms with Crippen molar-refractivity contribution < 1.29 is 22.7 Å². The summed E-state index contributed by atoms with van der Waals surface area (Å²) in [5.74, 6) is 0.521. The molecule has 1 heterocycles. The number of rotatable bonds is 6. The van der Waals surface area contributed by atoms with Gasteiger partial charge in [0.15, 0.2) is 21.3 Å². The minimum atomic E-state index is -3.33. The first-order valence-electron chi connectivity index (χ1n) is 8.94. The Morgan fingerprint density at radius 1 is 1.11 bits per heavy atom. The first-order valence-corrected chi connectivity index (χ1v) is 10.7. The van der Waals surface area contributed by atoms with Gasteiger partial charge in [-0.05, 0) is 42.3 Å². The second kappa shape index (κ2) is 8.06. The molecule has 0 unspecified atom stereocenters. The van der Waals surface area contributed by atoms with Crippen LogP contribution in [0.15, 0.2) is 53.9 Å². The molecule has 148 valence electrons. The quantitative estimate of drug-likeness (QED) is 0.743. The Labute approximate surface area is 165 Å². The third-order valence-electron chi connectivity index (χ3n) is 4.72. The van der Waals surface area contributed by atoms with E-state index in [0.717, 1.165) is 12.0 Å². The number of para-hydroxylation sites is 1. The maximum Gasteiger partial charge on any atom is 0.259 e. The number of carbonyl (C=O) groups is 1. The van der Waals surface area contributed by atoms with Gasteiger partial charge in [-0.1, -0.05) is 25.1 Å². The lowest BCUT2D eigenvalue weighted by atomic mass is 10.1. The zero-order valence-corrected chi connectivity index (χ0v) is 16.9. The highest BCUT2D eigenvalue weighted by molar-refractivity contribution is 7.94. The molecule has 0 bridgehead atoms. The van der Waals surface area contributed by atoms with Crippen molar-refractivity contribution >= 4 is 21.4 Å². The highest BCUT2D eigenvalue weighted by Gasteiger charge is 2.33. The van der Waals surface area contributed by atoms with Crippen molar-refractivity contribution in [1.29, 1.82) is 0 Å². The molecule has 2 aromatic carbocycles. The zero-order valence-electron chi connectivity index (χ0n) is 16.1. The van der Waals surface area contributed by atoms with Gasteiger partial charge in [0.1, 0.15) is 0 Å². The van der Waals surface area contributed by atoms with E-state index in [-0.39, 0.29) is 11.7 Å². The van der Waals surface area contributed by atoms with Crippen LogP contribution in [0.1, 0.15) is 22.8 Å². The highest BCUT2D eigenvalue weighted by atomic mass is 32.2. The summed E-state index contributed by atoms with van der Waals surface area (Å²) in [5.41, 5.74) is 2.06. The molecule has 28 heavy (non-hydrogen) atoms. The molecule has 0 fully saturated rings. The van der Waals surface area contributed by atoms with Crippen molar-refractivity contribution in [2.75, 3.05) is 24.9 Å². The van der Waals surface area contributed by atoms with Gasteiger partial charge in [0.05, 0.1) is 26.0 Å². The van der Waals surface area contributed by atoms with Gasteiger partial charge in [0, 0.05) is 16.7 Å². The van der Waals surface area contributed by atoms with Gasteiger partial charge in [-0.3, -0.25) is 4.79 Å². The molecular weight excluding hydrogens is 378 g/mol. The van der Waals surface area contributed by atoms with Crippen molar-refractivity contribution in [2.45, 2.75) is 19.4 Å². The fourth-order valence-corrected chi connectivity index (χ4v) is 4.58. The molecule has 7 heteroatoms. The second-order valence-electron chi connectivity index (χ2n) is 6.45. The summed E-state index contributed by atoms with van der Waals surface area (Å²) in [6.45, 7) is 2.00. The second-order valence-corrected chi connectivity index (χ2v) is 8.38. The van der Waals surface area contributed by atoms with E-state index >= 15 is 0 Å². The molecular formula is C21H23NO5S. The van der Waals surface area contributed by atoms with E-state index in [1.807, 2.05) is 31.2 Å². The normalized spacial score (nSPS) is 17.3. The fraction of sp³-hybridized carbons (Fsp3) is 0.286. The molecule has 6 nitrogen and oxygen atoms in total. The zero-order chi connectivity index (χ0) is 20.3. The summed E-state index contributed by atoms with van der Waals surface area (Å²) in [6.07, 6.45) is 2.29. The maximum atomic E-state index is 13.5. The lowest BCUT2D eigenvalue weighted by Gasteiger charge is -2.30. The summed E-state index contributed by atoms with van der Waals surface area (Å²) in [5, 5.41) is 1.18. The van der Waals surface area contributed by atoms with Crippen molar-refractivity contribution in [3.63, 3.8) is 0 Å². The van der Waals surface area contributed by atoms with E-state index in [4.69, 9.17) is 9.47 Å². The van der Waals surface area contributed by atoms with Crippen molar-refractivity contribution in [1.82, 2.24) is 0 Å². The van der Waals surface area contributed by atoms with E-state index in [1.165, 1.54) is 19.6 Å². The molecule has 0 aromatic heterocycles. The van der Waals surface area contributed by atoms with Crippen LogP contribution in [0.2, 0.25) is 0 Å². The van der Waals surface area contributed by atoms with Crippen molar-refractivity contribution in [2.24, 2.45) is 0 Å². The molecule has 0 aliphatic carbocycles. The average Bonchev–Trinajstić information content (AvgIpc) is 3.07. The van der Waals surface area contributed by atoms with Crippen molar-refractivity contribution in [3.8, 4) is 11.5 Å². The van der Waals surface area contributed by atoms with Gasteiger partial charge in [-0.25, -0.2) is 8.42 Å². The fourth-order valence-electron chi connectivity index (χ4n) is 3.31. The van der Waals surface area contributed by atoms with E-state index < -0.39 is 15.9 Å². The van der Waals surface area contributed by atoms with Gasteiger partial charge in [-0.15, -0.1) is 0 Å². The highest BCUT2D eigenvalue weighted by Crippen LogP contribution is 2.32. The summed E-state index contributed by atoms with van der Waals surface area (Å²) >= 11 is 0. The summed E-state index contributed by atoms with van der Waals surface area (Å²) in [6, 6.07) is 11.9. The molecule has 0 N–H and O–H groups in total. The number of sulfone groups is 1. The van der Waals surface area contributed by atoms with Crippen LogP contribution in [0, 0.1) is 0 Å². The van der Waals surface area contributed by atoms with Gasteiger partial charge >= 0.3 is 0 Å². The SMILES string of the molecule is CCc1ccccc1N(C(=O)c1ccc(OC)c(OC)c1)[C@H]1C=CS(=O)(=O)C1. The molecule has 0 saturated heterocycles. The molecule has 1 aliphatic rings. The number of nitrogens with zero attached hydrogens (tertiary/aromatic N) is 1. The Morgan fingerprint density at radius 3 is 2.43 bits per heavy atom. The predicted octanol–water partition coefficient (Wildman–Crippen LogP) is 3.22.